The second kappa shape index (κ2) is 17.6. The molecule has 0 aliphatic carbocycles. The Bertz CT molecular complexity index is 2680. The van der Waals surface area contributed by atoms with Crippen LogP contribution >= 0.6 is 0 Å². The van der Waals surface area contributed by atoms with Crippen molar-refractivity contribution in [2.45, 2.75) is 58.1 Å². The normalized spacial score (nSPS) is 18.4. The summed E-state index contributed by atoms with van der Waals surface area (Å²) in [4.78, 5) is 60.5. The van der Waals surface area contributed by atoms with Gasteiger partial charge in [0.2, 0.25) is 11.8 Å². The Labute approximate surface area is 371 Å². The average Bonchev–Trinajstić information content (AvgIpc) is 3.64. The van der Waals surface area contributed by atoms with Crippen LogP contribution in [0.15, 0.2) is 67.0 Å². The van der Waals surface area contributed by atoms with Gasteiger partial charge in [-0.05, 0) is 93.8 Å². The molecule has 2 atom stereocenters. The van der Waals surface area contributed by atoms with Crippen LogP contribution in [0.5, 0.6) is 0 Å². The van der Waals surface area contributed by atoms with Crippen LogP contribution in [0.4, 0.5) is 46.1 Å². The number of imide groups is 1. The highest BCUT2D eigenvalue weighted by Crippen LogP contribution is 2.35. The van der Waals surface area contributed by atoms with Crippen molar-refractivity contribution < 1.29 is 41.8 Å². The van der Waals surface area contributed by atoms with Gasteiger partial charge in [0.25, 0.3) is 11.8 Å². The number of nitrogens with two attached hydrogens (primary N) is 1. The van der Waals surface area contributed by atoms with Gasteiger partial charge in [-0.3, -0.25) is 29.4 Å². The summed E-state index contributed by atoms with van der Waals surface area (Å²) in [6.45, 7) is 11.0. The molecule has 6 N–H and O–H groups in total. The van der Waals surface area contributed by atoms with E-state index in [-0.39, 0.29) is 58.3 Å². The maximum atomic E-state index is 15.1. The zero-order valence-corrected chi connectivity index (χ0v) is 36.1. The molecule has 340 valence electrons. The van der Waals surface area contributed by atoms with Crippen LogP contribution in [0.25, 0.3) is 5.69 Å². The SMILES string of the molecule is Cc1c(NC(=O)c2ccc(C(C)(C)O)cc2F)cc(F)cc1-n1cc(Nc2ccc(N3CCN(CC4CN(c5cc(F)c(C6CCC(=O)NC6=O)c(F)c5)C4)C[C@@H]3C)cn2)c(C(N)=O)n1. The maximum Gasteiger partial charge on any atom is 0.271 e. The van der Waals surface area contributed by atoms with E-state index in [4.69, 9.17) is 5.73 Å². The molecule has 1 unspecified atom stereocenters. The monoisotopic (exact) mass is 896 g/mol. The molecule has 3 saturated heterocycles. The number of amides is 4. The van der Waals surface area contributed by atoms with Crippen molar-refractivity contribution in [2.75, 3.05) is 59.7 Å². The van der Waals surface area contributed by atoms with Gasteiger partial charge in [-0.2, -0.15) is 5.10 Å². The van der Waals surface area contributed by atoms with E-state index in [1.807, 2.05) is 11.0 Å². The Morgan fingerprint density at radius 1 is 0.938 bits per heavy atom. The zero-order chi connectivity index (χ0) is 46.5. The third-order valence-corrected chi connectivity index (χ3v) is 12.3. The van der Waals surface area contributed by atoms with Gasteiger partial charge < -0.3 is 31.3 Å². The molecule has 3 fully saturated rings. The fraction of sp³-hybridized carbons (Fsp3) is 0.348. The predicted molar refractivity (Wildman–Crippen MR) is 234 cm³/mol. The number of hydrogen-bond donors (Lipinski definition) is 5. The Balaban J connectivity index is 0.872. The molecule has 3 aromatic carbocycles. The lowest BCUT2D eigenvalue weighted by Gasteiger charge is -2.46. The van der Waals surface area contributed by atoms with Crippen molar-refractivity contribution >= 4 is 52.2 Å². The zero-order valence-electron chi connectivity index (χ0n) is 36.1. The lowest BCUT2D eigenvalue weighted by molar-refractivity contribution is -0.134. The third kappa shape index (κ3) is 9.37. The minimum Gasteiger partial charge on any atom is -0.386 e. The first-order valence-corrected chi connectivity index (χ1v) is 21.2. The van der Waals surface area contributed by atoms with Crippen molar-refractivity contribution in [3.05, 3.63) is 118 Å². The summed E-state index contributed by atoms with van der Waals surface area (Å²) in [5, 5.41) is 22.3. The summed E-state index contributed by atoms with van der Waals surface area (Å²) >= 11 is 0. The molecule has 0 bridgehead atoms. The van der Waals surface area contributed by atoms with Crippen LogP contribution in [0, 0.1) is 36.1 Å². The van der Waals surface area contributed by atoms with Gasteiger partial charge in [0, 0.05) is 74.6 Å². The summed E-state index contributed by atoms with van der Waals surface area (Å²) < 4.78 is 61.5. The molecule has 65 heavy (non-hydrogen) atoms. The molecular weight excluding hydrogens is 849 g/mol. The molecule has 8 rings (SSSR count). The summed E-state index contributed by atoms with van der Waals surface area (Å²) in [5.41, 5.74) is 5.92. The molecule has 0 saturated carbocycles. The van der Waals surface area contributed by atoms with E-state index >= 15 is 13.2 Å². The Hall–Kier alpha value is -6.86. The van der Waals surface area contributed by atoms with Crippen LogP contribution in [-0.4, -0.2) is 93.7 Å². The summed E-state index contributed by atoms with van der Waals surface area (Å²) in [7, 11) is 0. The van der Waals surface area contributed by atoms with E-state index in [1.54, 1.807) is 19.2 Å². The number of piperazine rings is 1. The molecule has 5 heterocycles. The van der Waals surface area contributed by atoms with E-state index in [2.05, 4.69) is 42.8 Å². The Morgan fingerprint density at radius 3 is 2.31 bits per heavy atom. The van der Waals surface area contributed by atoms with Crippen molar-refractivity contribution in [1.29, 1.82) is 0 Å². The molecule has 3 aliphatic rings. The molecule has 2 aromatic heterocycles. The fourth-order valence-corrected chi connectivity index (χ4v) is 8.74. The van der Waals surface area contributed by atoms with Gasteiger partial charge in [-0.25, -0.2) is 27.2 Å². The van der Waals surface area contributed by atoms with Crippen molar-refractivity contribution in [1.82, 2.24) is 25.0 Å². The number of carbonyl (C=O) groups is 4. The van der Waals surface area contributed by atoms with Crippen LogP contribution in [-0.2, 0) is 15.2 Å². The van der Waals surface area contributed by atoms with Crippen molar-refractivity contribution in [3.63, 3.8) is 0 Å². The minimum absolute atomic E-state index is 0.0282. The average molecular weight is 897 g/mol. The fourth-order valence-electron chi connectivity index (χ4n) is 8.74. The van der Waals surface area contributed by atoms with Crippen molar-refractivity contribution in [2.24, 2.45) is 11.7 Å². The Kier molecular flexibility index (Phi) is 12.1. The molecule has 19 heteroatoms. The number of aliphatic hydroxyl groups is 1. The summed E-state index contributed by atoms with van der Waals surface area (Å²) in [6.07, 6.45) is 3.24. The number of carbonyl (C=O) groups excluding carboxylic acids is 4. The summed E-state index contributed by atoms with van der Waals surface area (Å²) in [5.74, 6) is -6.40. The highest BCUT2D eigenvalue weighted by Gasteiger charge is 2.36. The molecule has 4 amide bonds. The highest BCUT2D eigenvalue weighted by molar-refractivity contribution is 6.05. The number of anilines is 5. The van der Waals surface area contributed by atoms with Crippen LogP contribution in [0.3, 0.4) is 0 Å². The van der Waals surface area contributed by atoms with E-state index < -0.39 is 58.4 Å². The quantitative estimate of drug-likeness (QED) is 0.0772. The predicted octanol–water partition coefficient (Wildman–Crippen LogP) is 5.62. The van der Waals surface area contributed by atoms with Crippen molar-refractivity contribution in [3.8, 4) is 5.69 Å². The van der Waals surface area contributed by atoms with Crippen LogP contribution in [0.1, 0.15) is 77.1 Å². The number of benzene rings is 3. The van der Waals surface area contributed by atoms with E-state index in [1.165, 1.54) is 49.0 Å². The molecule has 15 nitrogen and oxygen atoms in total. The molecular formula is C46H48F4N10O5. The van der Waals surface area contributed by atoms with Crippen LogP contribution < -0.4 is 31.5 Å². The number of pyridine rings is 1. The van der Waals surface area contributed by atoms with Crippen LogP contribution in [0.2, 0.25) is 0 Å². The lowest BCUT2D eigenvalue weighted by Crippen LogP contribution is -2.57. The molecule has 0 radical (unpaired) electrons. The first kappa shape index (κ1) is 44.7. The van der Waals surface area contributed by atoms with Gasteiger partial charge in [0.05, 0.1) is 46.5 Å². The first-order chi connectivity index (χ1) is 30.8. The second-order valence-corrected chi connectivity index (χ2v) is 17.4. The smallest absolute Gasteiger partial charge is 0.271 e. The summed E-state index contributed by atoms with van der Waals surface area (Å²) in [6, 6.07) is 12.3. The molecule has 3 aliphatic heterocycles. The van der Waals surface area contributed by atoms with E-state index in [0.29, 0.717) is 36.1 Å². The maximum absolute atomic E-state index is 15.1. The van der Waals surface area contributed by atoms with E-state index in [9.17, 15) is 28.7 Å². The van der Waals surface area contributed by atoms with Gasteiger partial charge >= 0.3 is 0 Å². The number of primary amides is 1. The van der Waals surface area contributed by atoms with E-state index in [0.717, 1.165) is 50.1 Å². The first-order valence-electron chi connectivity index (χ1n) is 21.2. The number of hydrogen-bond acceptors (Lipinski definition) is 11. The molecule has 5 aromatic rings. The Morgan fingerprint density at radius 2 is 1.68 bits per heavy atom. The number of rotatable bonds is 12. The van der Waals surface area contributed by atoms with Gasteiger partial charge in [-0.15, -0.1) is 0 Å². The molecule has 0 spiro atoms. The highest BCUT2D eigenvalue weighted by atomic mass is 19.1. The topological polar surface area (TPSA) is 191 Å². The number of nitrogens with zero attached hydrogens (tertiary/aromatic N) is 6. The van der Waals surface area contributed by atoms with Gasteiger partial charge in [0.1, 0.15) is 29.1 Å². The van der Waals surface area contributed by atoms with Gasteiger partial charge in [0.15, 0.2) is 5.69 Å². The number of nitrogens with one attached hydrogen (secondary N) is 3. The number of piperidine rings is 1. The second-order valence-electron chi connectivity index (χ2n) is 17.4. The number of aromatic nitrogens is 3. The lowest BCUT2D eigenvalue weighted by atomic mass is 9.89. The third-order valence-electron chi connectivity index (χ3n) is 12.3. The largest absolute Gasteiger partial charge is 0.386 e. The number of halogens is 4. The standard InChI is InChI=1S/C46H48F4N10O5/c1-24-19-57(20-26-21-58(22-26)30-16-34(49)41(35(50)17-30)32-8-10-40(61)55-45(32)64)11-12-59(24)29-6-9-39(52-18-29)53-37-23-60(56-42(37)43(51)62)38-15-28(47)14-36(25(38)2)54-44(63)31-7-5-27(13-33(31)48)46(3,4)65/h5-7,9,13-18,23-24,26,32,65H,8,10-12,19-22H2,1-4H3,(H2,51,62)(H,52,53)(H,54,63)(H,55,61,64)/t24-,32?/m0/s1. The minimum atomic E-state index is -1.33. The van der Waals surface area contributed by atoms with Gasteiger partial charge in [-0.1, -0.05) is 6.07 Å².